The maximum Gasteiger partial charge on any atom is 0.416 e. The first-order chi connectivity index (χ1) is 8.50. The highest BCUT2D eigenvalue weighted by molar-refractivity contribution is 7.11. The van der Waals surface area contributed by atoms with Crippen molar-refractivity contribution in [3.63, 3.8) is 0 Å². The van der Waals surface area contributed by atoms with Crippen molar-refractivity contribution in [1.29, 1.82) is 0 Å². The van der Waals surface area contributed by atoms with Crippen LogP contribution in [0.2, 0.25) is 0 Å². The summed E-state index contributed by atoms with van der Waals surface area (Å²) < 4.78 is 38.4. The smallest absolute Gasteiger partial charge is 0.326 e. The number of nitrogens with two attached hydrogens (primary N) is 1. The SMILES string of the molecule is NCc1cnc(Cc2ccccc2C(F)(F)F)s1. The second-order valence-corrected chi connectivity index (χ2v) is 4.96. The quantitative estimate of drug-likeness (QED) is 0.931. The van der Waals surface area contributed by atoms with Gasteiger partial charge in [0.15, 0.2) is 0 Å². The van der Waals surface area contributed by atoms with Gasteiger partial charge in [-0.25, -0.2) is 4.98 Å². The van der Waals surface area contributed by atoms with Crippen LogP contribution in [0.4, 0.5) is 13.2 Å². The molecule has 2 nitrogen and oxygen atoms in total. The average molecular weight is 272 g/mol. The van der Waals surface area contributed by atoms with Gasteiger partial charge in [-0.05, 0) is 11.6 Å². The minimum atomic E-state index is -4.33. The Morgan fingerprint density at radius 1 is 1.22 bits per heavy atom. The summed E-state index contributed by atoms with van der Waals surface area (Å²) in [6.45, 7) is 0.360. The number of halogens is 3. The van der Waals surface area contributed by atoms with Crippen LogP contribution < -0.4 is 5.73 Å². The standard InChI is InChI=1S/C12H11F3N2S/c13-12(14,15)10-4-2-1-3-8(10)5-11-17-7-9(6-16)18-11/h1-4,7H,5-6,16H2. The summed E-state index contributed by atoms with van der Waals surface area (Å²) in [5.41, 5.74) is 5.08. The van der Waals surface area contributed by atoms with E-state index in [0.29, 0.717) is 11.6 Å². The van der Waals surface area contributed by atoms with E-state index in [1.54, 1.807) is 12.3 Å². The lowest BCUT2D eigenvalue weighted by Gasteiger charge is -2.11. The number of thiazole rings is 1. The lowest BCUT2D eigenvalue weighted by molar-refractivity contribution is -0.138. The van der Waals surface area contributed by atoms with E-state index in [0.717, 1.165) is 10.9 Å². The third-order valence-corrected chi connectivity index (χ3v) is 3.49. The molecule has 0 fully saturated rings. The zero-order valence-corrected chi connectivity index (χ0v) is 10.2. The van der Waals surface area contributed by atoms with Crippen LogP contribution in [0, 0.1) is 0 Å². The maximum atomic E-state index is 12.8. The number of benzene rings is 1. The van der Waals surface area contributed by atoms with Crippen LogP contribution in [0.15, 0.2) is 30.5 Å². The number of alkyl halides is 3. The normalized spacial score (nSPS) is 11.8. The summed E-state index contributed by atoms with van der Waals surface area (Å²) in [6.07, 6.45) is -2.54. The number of hydrogen-bond donors (Lipinski definition) is 1. The molecule has 0 spiro atoms. The summed E-state index contributed by atoms with van der Waals surface area (Å²) >= 11 is 1.34. The van der Waals surface area contributed by atoms with Gasteiger partial charge in [0.25, 0.3) is 0 Å². The lowest BCUT2D eigenvalue weighted by Crippen LogP contribution is -2.09. The molecule has 2 N–H and O–H groups in total. The molecule has 0 unspecified atom stereocenters. The molecular formula is C12H11F3N2S. The summed E-state index contributed by atoms with van der Waals surface area (Å²) in [4.78, 5) is 4.95. The van der Waals surface area contributed by atoms with Crippen LogP contribution in [0.1, 0.15) is 21.0 Å². The summed E-state index contributed by atoms with van der Waals surface area (Å²) in [6, 6.07) is 5.56. The monoisotopic (exact) mass is 272 g/mol. The third-order valence-electron chi connectivity index (χ3n) is 2.47. The minimum Gasteiger partial charge on any atom is -0.326 e. The Labute approximate surface area is 106 Å². The molecule has 1 aromatic heterocycles. The second kappa shape index (κ2) is 5.07. The predicted molar refractivity (Wildman–Crippen MR) is 64.3 cm³/mol. The molecule has 0 atom stereocenters. The second-order valence-electron chi connectivity index (χ2n) is 3.76. The van der Waals surface area contributed by atoms with Gasteiger partial charge in [0.05, 0.1) is 10.6 Å². The van der Waals surface area contributed by atoms with E-state index >= 15 is 0 Å². The van der Waals surface area contributed by atoms with E-state index in [1.807, 2.05) is 0 Å². The molecule has 0 saturated carbocycles. The molecule has 2 aromatic rings. The first-order valence-electron chi connectivity index (χ1n) is 5.29. The van der Waals surface area contributed by atoms with E-state index in [2.05, 4.69) is 4.98 Å². The number of aromatic nitrogens is 1. The van der Waals surface area contributed by atoms with Crippen LogP contribution >= 0.6 is 11.3 Å². The van der Waals surface area contributed by atoms with Gasteiger partial charge in [0, 0.05) is 24.0 Å². The van der Waals surface area contributed by atoms with Gasteiger partial charge in [-0.1, -0.05) is 18.2 Å². The highest BCUT2D eigenvalue weighted by atomic mass is 32.1. The highest BCUT2D eigenvalue weighted by Gasteiger charge is 2.32. The topological polar surface area (TPSA) is 38.9 Å². The average Bonchev–Trinajstić information content (AvgIpc) is 2.76. The van der Waals surface area contributed by atoms with Gasteiger partial charge in [-0.15, -0.1) is 11.3 Å². The van der Waals surface area contributed by atoms with E-state index < -0.39 is 11.7 Å². The van der Waals surface area contributed by atoms with Crippen molar-refractivity contribution in [2.24, 2.45) is 5.73 Å². The van der Waals surface area contributed by atoms with Crippen LogP contribution in [-0.4, -0.2) is 4.98 Å². The molecule has 2 rings (SSSR count). The molecule has 18 heavy (non-hydrogen) atoms. The van der Waals surface area contributed by atoms with Gasteiger partial charge >= 0.3 is 6.18 Å². The zero-order chi connectivity index (χ0) is 13.2. The Morgan fingerprint density at radius 3 is 2.56 bits per heavy atom. The molecule has 0 bridgehead atoms. The van der Waals surface area contributed by atoms with Gasteiger partial charge in [0.2, 0.25) is 0 Å². The van der Waals surface area contributed by atoms with Crippen molar-refractivity contribution >= 4 is 11.3 Å². The van der Waals surface area contributed by atoms with Gasteiger partial charge < -0.3 is 5.73 Å². The first-order valence-corrected chi connectivity index (χ1v) is 6.11. The molecule has 96 valence electrons. The molecule has 0 aliphatic carbocycles. The van der Waals surface area contributed by atoms with Crippen molar-refractivity contribution in [3.8, 4) is 0 Å². The van der Waals surface area contributed by atoms with Crippen molar-refractivity contribution in [1.82, 2.24) is 4.98 Å². The summed E-state index contributed by atoms with van der Waals surface area (Å²) in [5, 5.41) is 0.646. The first kappa shape index (κ1) is 13.0. The Hall–Kier alpha value is -1.40. The van der Waals surface area contributed by atoms with E-state index in [1.165, 1.54) is 23.5 Å². The Kier molecular flexibility index (Phi) is 3.68. The molecule has 0 amide bonds. The van der Waals surface area contributed by atoms with Crippen LogP contribution in [0.3, 0.4) is 0 Å². The van der Waals surface area contributed by atoms with Crippen LogP contribution in [0.25, 0.3) is 0 Å². The Bertz CT molecular complexity index is 534. The van der Waals surface area contributed by atoms with E-state index in [4.69, 9.17) is 5.73 Å². The number of rotatable bonds is 3. The molecule has 0 saturated heterocycles. The van der Waals surface area contributed by atoms with Gasteiger partial charge in [0.1, 0.15) is 0 Å². The Balaban J connectivity index is 2.29. The van der Waals surface area contributed by atoms with Crippen molar-refractivity contribution < 1.29 is 13.2 Å². The predicted octanol–water partition coefficient (Wildman–Crippen LogP) is 3.21. The largest absolute Gasteiger partial charge is 0.416 e. The molecule has 6 heteroatoms. The van der Waals surface area contributed by atoms with Crippen molar-refractivity contribution in [2.75, 3.05) is 0 Å². The highest BCUT2D eigenvalue weighted by Crippen LogP contribution is 2.33. The third kappa shape index (κ3) is 2.88. The maximum absolute atomic E-state index is 12.8. The molecule has 1 aromatic carbocycles. The van der Waals surface area contributed by atoms with Crippen molar-refractivity contribution in [3.05, 3.63) is 51.5 Å². The summed E-state index contributed by atoms with van der Waals surface area (Å²) in [5.74, 6) is 0. The summed E-state index contributed by atoms with van der Waals surface area (Å²) in [7, 11) is 0. The van der Waals surface area contributed by atoms with Crippen molar-refractivity contribution in [2.45, 2.75) is 19.1 Å². The van der Waals surface area contributed by atoms with Crippen LogP contribution in [-0.2, 0) is 19.1 Å². The van der Waals surface area contributed by atoms with E-state index in [9.17, 15) is 13.2 Å². The fourth-order valence-electron chi connectivity index (χ4n) is 1.64. The molecular weight excluding hydrogens is 261 g/mol. The molecule has 1 heterocycles. The van der Waals surface area contributed by atoms with Gasteiger partial charge in [-0.2, -0.15) is 13.2 Å². The number of hydrogen-bond acceptors (Lipinski definition) is 3. The lowest BCUT2D eigenvalue weighted by atomic mass is 10.0. The van der Waals surface area contributed by atoms with Gasteiger partial charge in [-0.3, -0.25) is 0 Å². The fraction of sp³-hybridized carbons (Fsp3) is 0.250. The molecule has 0 radical (unpaired) electrons. The number of nitrogens with zero attached hydrogens (tertiary/aromatic N) is 1. The minimum absolute atomic E-state index is 0.181. The molecule has 0 aliphatic heterocycles. The van der Waals surface area contributed by atoms with E-state index in [-0.39, 0.29) is 12.0 Å². The molecule has 0 aliphatic rings. The Morgan fingerprint density at radius 2 is 1.94 bits per heavy atom. The zero-order valence-electron chi connectivity index (χ0n) is 9.37. The fourth-order valence-corrected chi connectivity index (χ4v) is 2.46. The van der Waals surface area contributed by atoms with Crippen LogP contribution in [0.5, 0.6) is 0 Å².